The number of ether oxygens (including phenoxy) is 2. The largest absolute Gasteiger partial charge is 0.486 e. The van der Waals surface area contributed by atoms with E-state index in [4.69, 9.17) is 9.47 Å². The van der Waals surface area contributed by atoms with Gasteiger partial charge in [-0.3, -0.25) is 9.69 Å². The Morgan fingerprint density at radius 2 is 1.65 bits per heavy atom. The third-order valence-corrected chi connectivity index (χ3v) is 8.58. The molecule has 0 aliphatic carbocycles. The Hall–Kier alpha value is -2.69. The highest BCUT2D eigenvalue weighted by Gasteiger charge is 2.33. The van der Waals surface area contributed by atoms with Crippen molar-refractivity contribution < 1.29 is 27.1 Å². The molecule has 0 radical (unpaired) electrons. The molecule has 3 heterocycles. The Morgan fingerprint density at radius 3 is 2.38 bits per heavy atom. The minimum Gasteiger partial charge on any atom is -0.486 e. The fourth-order valence-electron chi connectivity index (χ4n) is 4.84. The smallest absolute Gasteiger partial charge is 0.243 e. The second-order valence-corrected chi connectivity index (χ2v) is 10.7. The lowest BCUT2D eigenvalue weighted by Crippen LogP contribution is -2.51. The normalized spacial score (nSPS) is 21.6. The van der Waals surface area contributed by atoms with Crippen molar-refractivity contribution >= 4 is 15.9 Å². The number of carbonyl (C=O) groups is 1. The van der Waals surface area contributed by atoms with Gasteiger partial charge in [-0.15, -0.1) is 0 Å². The monoisotopic (exact) mass is 489 g/mol. The maximum atomic E-state index is 13.2. The van der Waals surface area contributed by atoms with Gasteiger partial charge in [0, 0.05) is 32.7 Å². The number of piperazine rings is 1. The SMILES string of the molecule is O=C(CN1CCN(S(=O)(=O)c2ccc(F)cc2)CC1)N1CCC[C@@H]1c1ccc2c(c1)OCCO2. The first-order chi connectivity index (χ1) is 16.4. The molecule has 2 fully saturated rings. The number of rotatable bonds is 5. The van der Waals surface area contributed by atoms with Crippen LogP contribution < -0.4 is 9.47 Å². The van der Waals surface area contributed by atoms with Crippen molar-refractivity contribution in [3.05, 3.63) is 53.8 Å². The van der Waals surface area contributed by atoms with E-state index in [0.29, 0.717) is 45.9 Å². The van der Waals surface area contributed by atoms with Crippen LogP contribution in [-0.4, -0.2) is 80.9 Å². The zero-order valence-corrected chi connectivity index (χ0v) is 19.7. The van der Waals surface area contributed by atoms with Crippen LogP contribution in [0.3, 0.4) is 0 Å². The van der Waals surface area contributed by atoms with E-state index in [-0.39, 0.29) is 23.4 Å². The van der Waals surface area contributed by atoms with Gasteiger partial charge in [0.1, 0.15) is 19.0 Å². The average Bonchev–Trinajstić information content (AvgIpc) is 3.35. The molecule has 0 aromatic heterocycles. The van der Waals surface area contributed by atoms with Gasteiger partial charge in [-0.2, -0.15) is 4.31 Å². The lowest BCUT2D eigenvalue weighted by atomic mass is 10.0. The van der Waals surface area contributed by atoms with E-state index >= 15 is 0 Å². The first-order valence-corrected chi connectivity index (χ1v) is 13.0. The second kappa shape index (κ2) is 9.52. The molecule has 0 spiro atoms. The predicted molar refractivity (Wildman–Crippen MR) is 123 cm³/mol. The molecule has 1 atom stereocenters. The summed E-state index contributed by atoms with van der Waals surface area (Å²) in [6.45, 7) is 3.54. The molecule has 0 bridgehead atoms. The number of likely N-dealkylation sites (tertiary alicyclic amines) is 1. The number of hydrogen-bond donors (Lipinski definition) is 0. The lowest BCUT2D eigenvalue weighted by molar-refractivity contribution is -0.133. The summed E-state index contributed by atoms with van der Waals surface area (Å²) in [4.78, 5) is 17.2. The van der Waals surface area contributed by atoms with Gasteiger partial charge in [0.05, 0.1) is 17.5 Å². The van der Waals surface area contributed by atoms with Crippen LogP contribution in [-0.2, 0) is 14.8 Å². The Morgan fingerprint density at radius 1 is 0.941 bits per heavy atom. The average molecular weight is 490 g/mol. The number of fused-ring (bicyclic) bond motifs is 1. The highest BCUT2D eigenvalue weighted by molar-refractivity contribution is 7.89. The topological polar surface area (TPSA) is 79.4 Å². The first-order valence-electron chi connectivity index (χ1n) is 11.6. The van der Waals surface area contributed by atoms with Crippen LogP contribution in [0.5, 0.6) is 11.5 Å². The first kappa shape index (κ1) is 23.1. The Kier molecular flexibility index (Phi) is 6.46. The van der Waals surface area contributed by atoms with Crippen LogP contribution in [0.4, 0.5) is 4.39 Å². The van der Waals surface area contributed by atoms with Crippen molar-refractivity contribution in [2.75, 3.05) is 52.5 Å². The fraction of sp³-hybridized carbons (Fsp3) is 0.458. The standard InChI is InChI=1S/C24H28FN3O5S/c25-19-4-6-20(7-5-19)34(30,31)27-12-10-26(11-13-27)17-24(29)28-9-1-2-21(28)18-3-8-22-23(16-18)33-15-14-32-22/h3-8,16,21H,1-2,9-15,17H2/t21-/m1/s1. The van der Waals surface area contributed by atoms with Crippen molar-refractivity contribution in [2.45, 2.75) is 23.8 Å². The van der Waals surface area contributed by atoms with E-state index in [9.17, 15) is 17.6 Å². The molecule has 8 nitrogen and oxygen atoms in total. The molecule has 0 unspecified atom stereocenters. The minimum atomic E-state index is -3.68. The van der Waals surface area contributed by atoms with Gasteiger partial charge >= 0.3 is 0 Å². The third-order valence-electron chi connectivity index (χ3n) is 6.67. The zero-order chi connectivity index (χ0) is 23.7. The number of carbonyl (C=O) groups excluding carboxylic acids is 1. The van der Waals surface area contributed by atoms with Gasteiger partial charge < -0.3 is 14.4 Å². The summed E-state index contributed by atoms with van der Waals surface area (Å²) in [7, 11) is -3.68. The number of amides is 1. The van der Waals surface area contributed by atoms with E-state index < -0.39 is 15.8 Å². The number of halogens is 1. The van der Waals surface area contributed by atoms with Crippen LogP contribution in [0.15, 0.2) is 47.4 Å². The molecular weight excluding hydrogens is 461 g/mol. The highest BCUT2D eigenvalue weighted by atomic mass is 32.2. The quantitative estimate of drug-likeness (QED) is 0.641. The van der Waals surface area contributed by atoms with Gasteiger partial charge in [-0.1, -0.05) is 6.07 Å². The molecule has 3 aliphatic heterocycles. The van der Waals surface area contributed by atoms with Crippen LogP contribution in [0.1, 0.15) is 24.4 Å². The van der Waals surface area contributed by atoms with Crippen molar-refractivity contribution in [2.24, 2.45) is 0 Å². The second-order valence-electron chi connectivity index (χ2n) is 8.78. The van der Waals surface area contributed by atoms with E-state index in [1.165, 1.54) is 16.4 Å². The molecule has 10 heteroatoms. The summed E-state index contributed by atoms with van der Waals surface area (Å²) in [5, 5.41) is 0. The zero-order valence-electron chi connectivity index (χ0n) is 18.9. The van der Waals surface area contributed by atoms with Crippen molar-refractivity contribution in [1.82, 2.24) is 14.1 Å². The highest BCUT2D eigenvalue weighted by Crippen LogP contribution is 2.38. The molecule has 182 valence electrons. The summed E-state index contributed by atoms with van der Waals surface area (Å²) >= 11 is 0. The molecule has 2 saturated heterocycles. The number of nitrogens with zero attached hydrogens (tertiary/aromatic N) is 3. The summed E-state index contributed by atoms with van der Waals surface area (Å²) in [5.74, 6) is 1.03. The van der Waals surface area contributed by atoms with Crippen LogP contribution in [0.25, 0.3) is 0 Å². The summed E-state index contributed by atoms with van der Waals surface area (Å²) in [5.41, 5.74) is 1.05. The molecule has 3 aliphatic rings. The number of hydrogen-bond acceptors (Lipinski definition) is 6. The molecule has 2 aromatic rings. The molecule has 34 heavy (non-hydrogen) atoms. The Bertz CT molecular complexity index is 1150. The molecule has 2 aromatic carbocycles. The van der Waals surface area contributed by atoms with E-state index in [1.54, 1.807) is 0 Å². The van der Waals surface area contributed by atoms with Gasteiger partial charge in [0.15, 0.2) is 11.5 Å². The van der Waals surface area contributed by atoms with E-state index in [1.807, 2.05) is 28.0 Å². The molecular formula is C24H28FN3O5S. The van der Waals surface area contributed by atoms with Crippen LogP contribution in [0.2, 0.25) is 0 Å². The minimum absolute atomic E-state index is 0.00321. The van der Waals surface area contributed by atoms with Gasteiger partial charge in [0.2, 0.25) is 15.9 Å². The third kappa shape index (κ3) is 4.62. The van der Waals surface area contributed by atoms with Crippen molar-refractivity contribution in [1.29, 1.82) is 0 Å². The van der Waals surface area contributed by atoms with Gasteiger partial charge in [0.25, 0.3) is 0 Å². The van der Waals surface area contributed by atoms with Crippen LogP contribution >= 0.6 is 0 Å². The van der Waals surface area contributed by atoms with E-state index in [0.717, 1.165) is 42.0 Å². The molecule has 0 saturated carbocycles. The van der Waals surface area contributed by atoms with Crippen LogP contribution in [0, 0.1) is 5.82 Å². The van der Waals surface area contributed by atoms with E-state index in [2.05, 4.69) is 0 Å². The number of benzene rings is 2. The van der Waals surface area contributed by atoms with Gasteiger partial charge in [-0.05, 0) is 54.8 Å². The van der Waals surface area contributed by atoms with Crippen molar-refractivity contribution in [3.8, 4) is 11.5 Å². The Balaban J connectivity index is 1.19. The fourth-order valence-corrected chi connectivity index (χ4v) is 6.27. The summed E-state index contributed by atoms with van der Waals surface area (Å²) < 4.78 is 51.5. The molecule has 1 amide bonds. The summed E-state index contributed by atoms with van der Waals surface area (Å²) in [6.07, 6.45) is 1.84. The lowest BCUT2D eigenvalue weighted by Gasteiger charge is -2.35. The molecule has 5 rings (SSSR count). The number of sulfonamides is 1. The predicted octanol–water partition coefficient (Wildman–Crippen LogP) is 2.27. The van der Waals surface area contributed by atoms with Gasteiger partial charge in [-0.25, -0.2) is 12.8 Å². The maximum Gasteiger partial charge on any atom is 0.243 e. The maximum absolute atomic E-state index is 13.2. The summed E-state index contributed by atoms with van der Waals surface area (Å²) in [6, 6.07) is 10.8. The molecule has 0 N–H and O–H groups in total. The Labute approximate surface area is 198 Å². The van der Waals surface area contributed by atoms with Crippen molar-refractivity contribution in [3.63, 3.8) is 0 Å².